The van der Waals surface area contributed by atoms with E-state index in [1.807, 2.05) is 26.0 Å². The summed E-state index contributed by atoms with van der Waals surface area (Å²) >= 11 is 0. The summed E-state index contributed by atoms with van der Waals surface area (Å²) in [7, 11) is 1.38. The molecule has 0 fully saturated rings. The van der Waals surface area contributed by atoms with Crippen LogP contribution in [0.4, 0.5) is 0 Å². The fraction of sp³-hybridized carbons (Fsp3) is 0.583. The molecule has 0 radical (unpaired) electrons. The number of hydrogen-bond acceptors (Lipinski definition) is 4. The molecule has 0 saturated heterocycles. The number of carbonyl (C=O) groups excluding carboxylic acids is 1. The zero-order valence-electron chi connectivity index (χ0n) is 10.0. The van der Waals surface area contributed by atoms with Gasteiger partial charge in [0.15, 0.2) is 0 Å². The van der Waals surface area contributed by atoms with E-state index in [1.54, 1.807) is 0 Å². The number of methoxy groups -OCH3 is 1. The Bertz CT molecular complexity index is 346. The molecule has 4 nitrogen and oxygen atoms in total. The van der Waals surface area contributed by atoms with E-state index in [0.29, 0.717) is 0 Å². The van der Waals surface area contributed by atoms with Gasteiger partial charge in [-0.15, -0.1) is 0 Å². The van der Waals surface area contributed by atoms with E-state index < -0.39 is 0 Å². The zero-order chi connectivity index (χ0) is 12.1. The topological polar surface area (TPSA) is 65.5 Å². The van der Waals surface area contributed by atoms with Crippen molar-refractivity contribution in [3.8, 4) is 0 Å². The van der Waals surface area contributed by atoms with Crippen molar-refractivity contribution in [2.75, 3.05) is 7.11 Å². The summed E-state index contributed by atoms with van der Waals surface area (Å²) in [6, 6.07) is 3.66. The van der Waals surface area contributed by atoms with Crippen LogP contribution in [-0.2, 0) is 9.53 Å². The molecule has 1 rings (SSSR count). The third kappa shape index (κ3) is 3.10. The summed E-state index contributed by atoms with van der Waals surface area (Å²) in [5, 5.41) is 0. The molecular weight excluding hydrogens is 206 g/mol. The third-order valence-corrected chi connectivity index (χ3v) is 2.73. The Kier molecular flexibility index (Phi) is 4.55. The first-order valence-electron chi connectivity index (χ1n) is 5.47. The Morgan fingerprint density at radius 3 is 2.69 bits per heavy atom. The third-order valence-electron chi connectivity index (χ3n) is 2.73. The SMILES string of the molecule is CCC(N)C(CC(=O)OC)c1ccc(C)o1. The first-order valence-corrected chi connectivity index (χ1v) is 5.47. The number of nitrogens with two attached hydrogens (primary N) is 1. The molecule has 90 valence electrons. The summed E-state index contributed by atoms with van der Waals surface area (Å²) < 4.78 is 10.2. The van der Waals surface area contributed by atoms with Crippen molar-refractivity contribution in [1.29, 1.82) is 0 Å². The lowest BCUT2D eigenvalue weighted by atomic mass is 9.92. The van der Waals surface area contributed by atoms with Gasteiger partial charge in [0.2, 0.25) is 0 Å². The van der Waals surface area contributed by atoms with Crippen molar-refractivity contribution in [3.05, 3.63) is 23.7 Å². The van der Waals surface area contributed by atoms with Gasteiger partial charge in [-0.25, -0.2) is 0 Å². The second-order valence-electron chi connectivity index (χ2n) is 3.91. The summed E-state index contributed by atoms with van der Waals surface area (Å²) in [4.78, 5) is 11.3. The maximum atomic E-state index is 11.3. The number of ether oxygens (including phenoxy) is 1. The predicted molar refractivity (Wildman–Crippen MR) is 61.1 cm³/mol. The molecule has 0 aliphatic heterocycles. The minimum absolute atomic E-state index is 0.0929. The van der Waals surface area contributed by atoms with Crippen molar-refractivity contribution in [3.63, 3.8) is 0 Å². The molecule has 0 amide bonds. The van der Waals surface area contributed by atoms with Crippen molar-refractivity contribution in [2.24, 2.45) is 5.73 Å². The highest BCUT2D eigenvalue weighted by atomic mass is 16.5. The van der Waals surface area contributed by atoms with Crippen LogP contribution in [0, 0.1) is 6.92 Å². The van der Waals surface area contributed by atoms with E-state index in [4.69, 9.17) is 10.2 Å². The summed E-state index contributed by atoms with van der Waals surface area (Å²) in [6.07, 6.45) is 1.06. The lowest BCUT2D eigenvalue weighted by molar-refractivity contribution is -0.141. The van der Waals surface area contributed by atoms with E-state index >= 15 is 0 Å². The second kappa shape index (κ2) is 5.70. The Morgan fingerprint density at radius 1 is 1.56 bits per heavy atom. The molecular formula is C12H19NO3. The molecule has 1 aromatic heterocycles. The zero-order valence-corrected chi connectivity index (χ0v) is 10.0. The molecule has 0 bridgehead atoms. The normalized spacial score (nSPS) is 14.5. The number of furan rings is 1. The molecule has 0 spiro atoms. The van der Waals surface area contributed by atoms with Gasteiger partial charge in [-0.2, -0.15) is 0 Å². The van der Waals surface area contributed by atoms with Gasteiger partial charge >= 0.3 is 5.97 Å². The van der Waals surface area contributed by atoms with E-state index in [2.05, 4.69) is 4.74 Å². The summed E-state index contributed by atoms with van der Waals surface area (Å²) in [5.74, 6) is 1.22. The second-order valence-corrected chi connectivity index (χ2v) is 3.91. The maximum absolute atomic E-state index is 11.3. The first-order chi connectivity index (χ1) is 7.58. The van der Waals surface area contributed by atoms with E-state index in [0.717, 1.165) is 17.9 Å². The number of esters is 1. The van der Waals surface area contributed by atoms with Crippen LogP contribution in [0.1, 0.15) is 37.2 Å². The van der Waals surface area contributed by atoms with Crippen molar-refractivity contribution in [2.45, 2.75) is 38.6 Å². The summed E-state index contributed by atoms with van der Waals surface area (Å²) in [5.41, 5.74) is 5.99. The first kappa shape index (κ1) is 12.8. The number of carbonyl (C=O) groups is 1. The van der Waals surface area contributed by atoms with Gasteiger partial charge in [0, 0.05) is 12.0 Å². The average molecular weight is 225 g/mol. The molecule has 2 atom stereocenters. The van der Waals surface area contributed by atoms with Gasteiger partial charge in [0.05, 0.1) is 13.5 Å². The summed E-state index contributed by atoms with van der Waals surface area (Å²) in [6.45, 7) is 3.86. The van der Waals surface area contributed by atoms with Gasteiger partial charge in [-0.05, 0) is 25.5 Å². The quantitative estimate of drug-likeness (QED) is 0.778. The van der Waals surface area contributed by atoms with Crippen LogP contribution >= 0.6 is 0 Å². The van der Waals surface area contributed by atoms with Crippen molar-refractivity contribution >= 4 is 5.97 Å². The molecule has 2 unspecified atom stereocenters. The molecule has 0 aliphatic rings. The Balaban J connectivity index is 2.83. The monoisotopic (exact) mass is 225 g/mol. The van der Waals surface area contributed by atoms with E-state index in [1.165, 1.54) is 7.11 Å². The Labute approximate surface area is 95.8 Å². The van der Waals surface area contributed by atoms with Gasteiger partial charge in [0.1, 0.15) is 11.5 Å². The van der Waals surface area contributed by atoms with Crippen LogP contribution in [-0.4, -0.2) is 19.1 Å². The van der Waals surface area contributed by atoms with Crippen LogP contribution in [0.3, 0.4) is 0 Å². The van der Waals surface area contributed by atoms with Crippen LogP contribution in [0.25, 0.3) is 0 Å². The maximum Gasteiger partial charge on any atom is 0.306 e. The highest BCUT2D eigenvalue weighted by molar-refractivity contribution is 5.70. The molecule has 0 aliphatic carbocycles. The highest BCUT2D eigenvalue weighted by Crippen LogP contribution is 2.26. The van der Waals surface area contributed by atoms with Crippen LogP contribution < -0.4 is 5.73 Å². The number of rotatable bonds is 5. The fourth-order valence-electron chi connectivity index (χ4n) is 1.66. The molecule has 0 aromatic carbocycles. The lowest BCUT2D eigenvalue weighted by Crippen LogP contribution is -2.29. The number of aryl methyl sites for hydroxylation is 1. The van der Waals surface area contributed by atoms with E-state index in [9.17, 15) is 4.79 Å². The van der Waals surface area contributed by atoms with Gasteiger partial charge in [0.25, 0.3) is 0 Å². The van der Waals surface area contributed by atoms with Gasteiger partial charge in [-0.1, -0.05) is 6.92 Å². The smallest absolute Gasteiger partial charge is 0.306 e. The Hall–Kier alpha value is -1.29. The average Bonchev–Trinajstić information content (AvgIpc) is 2.71. The fourth-order valence-corrected chi connectivity index (χ4v) is 1.66. The van der Waals surface area contributed by atoms with Crippen LogP contribution in [0.15, 0.2) is 16.5 Å². The molecule has 1 aromatic rings. The largest absolute Gasteiger partial charge is 0.469 e. The highest BCUT2D eigenvalue weighted by Gasteiger charge is 2.24. The standard InChI is InChI=1S/C12H19NO3/c1-4-10(13)9(7-12(14)15-3)11-6-5-8(2)16-11/h5-6,9-10H,4,7,13H2,1-3H3. The van der Waals surface area contributed by atoms with Crippen LogP contribution in [0.2, 0.25) is 0 Å². The minimum atomic E-state index is -0.261. The van der Waals surface area contributed by atoms with E-state index in [-0.39, 0.29) is 24.3 Å². The van der Waals surface area contributed by atoms with Crippen molar-refractivity contribution in [1.82, 2.24) is 0 Å². The lowest BCUT2D eigenvalue weighted by Gasteiger charge is -2.19. The van der Waals surface area contributed by atoms with Crippen LogP contribution in [0.5, 0.6) is 0 Å². The number of hydrogen-bond donors (Lipinski definition) is 1. The van der Waals surface area contributed by atoms with Gasteiger partial charge < -0.3 is 14.9 Å². The predicted octanol–water partition coefficient (Wildman–Crippen LogP) is 1.97. The molecule has 1 heterocycles. The van der Waals surface area contributed by atoms with Crippen molar-refractivity contribution < 1.29 is 13.9 Å². The minimum Gasteiger partial charge on any atom is -0.469 e. The Morgan fingerprint density at radius 2 is 2.25 bits per heavy atom. The molecule has 2 N–H and O–H groups in total. The molecule has 0 saturated carbocycles. The molecule has 4 heteroatoms. The van der Waals surface area contributed by atoms with Gasteiger partial charge in [-0.3, -0.25) is 4.79 Å². The molecule has 16 heavy (non-hydrogen) atoms.